The Hall–Kier alpha value is -10.5. The van der Waals surface area contributed by atoms with Crippen molar-refractivity contribution in [2.45, 2.75) is 88.3 Å². The van der Waals surface area contributed by atoms with Gasteiger partial charge in [0.1, 0.15) is 30.2 Å². The number of fused-ring (bicyclic) bond motifs is 3. The molecule has 8 N–H and O–H groups in total. The van der Waals surface area contributed by atoms with Gasteiger partial charge in [0.25, 0.3) is 11.4 Å². The number of hydrogen-bond donors (Lipinski definition) is 7. The molecule has 1 aliphatic heterocycles. The van der Waals surface area contributed by atoms with Crippen LogP contribution < -0.4 is 31.2 Å². The molecule has 3 amide bonds. The van der Waals surface area contributed by atoms with Gasteiger partial charge in [-0.15, -0.1) is 11.6 Å². The zero-order chi connectivity index (χ0) is 76.6. The minimum absolute atomic E-state index is 0.0598. The van der Waals surface area contributed by atoms with Crippen LogP contribution in [-0.2, 0) is 33.3 Å². The molecule has 9 aliphatic carbocycles. The van der Waals surface area contributed by atoms with Gasteiger partial charge < -0.3 is 70.2 Å². The first-order valence-corrected chi connectivity index (χ1v) is 36.0. The Labute approximate surface area is 627 Å². The number of nitrogens with zero attached hydrogens (tertiary/aromatic N) is 2. The van der Waals surface area contributed by atoms with E-state index in [-0.39, 0.29) is 58.1 Å². The molecule has 14 rings (SSSR count). The number of aliphatic hydroxyl groups excluding tert-OH is 1. The lowest BCUT2D eigenvalue weighted by molar-refractivity contribution is -0.385. The average Bonchev–Trinajstić information content (AvgIpc) is 1.60. The second kappa shape index (κ2) is 38.2. The first-order chi connectivity index (χ1) is 51.5. The van der Waals surface area contributed by atoms with Crippen LogP contribution in [0.1, 0.15) is 81.3 Å². The Bertz CT molecular complexity index is 3980. The first-order valence-electron chi connectivity index (χ1n) is 35.1. The summed E-state index contributed by atoms with van der Waals surface area (Å²) in [5, 5.41) is 55.5. The predicted octanol–water partition coefficient (Wildman–Crippen LogP) is 13.7. The number of carboxylic acid groups (broad SMARTS) is 2. The number of amides is 3. The maximum Gasteiger partial charge on any atom is 0.513 e. The minimum atomic E-state index is -1.13. The van der Waals surface area contributed by atoms with E-state index in [1.807, 2.05) is 72.9 Å². The Kier molecular flexibility index (Phi) is 28.8. The van der Waals surface area contributed by atoms with Crippen LogP contribution in [0.15, 0.2) is 194 Å². The SMILES string of the molecule is ClCC1CO1.N[C@@H](CCCCNC(=O)OCC1CC12C=CC=C2)C(=O)O.O=C(Cl)Oc1ccc([N+](=O)[O-])cc1.O=C(NCCCC[C@H](NC(=O)OCC1c2ccccc2-c2ccccc21)C(=O)O)OCC1CC12C=CC=C2.O=C(OCC1CC12C=CC=C2)Oc1ccc([N+](=O)[O-])cc1.OCC1CC12C=CC=C2. The van der Waals surface area contributed by atoms with Crippen LogP contribution in [-0.4, -0.2) is 144 Å². The fraction of sp³-hybridized carbons (Fsp3) is 0.397. The normalized spacial score (nSPS) is 20.5. The molecule has 1 saturated heterocycles. The molecule has 107 heavy (non-hydrogen) atoms. The number of alkyl carbamates (subject to hydrolysis) is 3. The summed E-state index contributed by atoms with van der Waals surface area (Å²) >= 11 is 10.2. The molecule has 27 nitrogen and oxygen atoms in total. The maximum atomic E-state index is 12.5. The number of aliphatic hydroxyl groups is 1. The number of benzene rings is 4. The topological polar surface area (TPSA) is 396 Å². The zero-order valence-electron chi connectivity index (χ0n) is 58.4. The van der Waals surface area contributed by atoms with Crippen molar-refractivity contribution in [1.29, 1.82) is 0 Å². The van der Waals surface area contributed by atoms with Crippen LogP contribution in [0, 0.1) is 65.6 Å². The van der Waals surface area contributed by atoms with E-state index in [2.05, 4.69) is 93.6 Å². The van der Waals surface area contributed by atoms with Gasteiger partial charge in [-0.25, -0.2) is 28.8 Å². The summed E-state index contributed by atoms with van der Waals surface area (Å²) in [4.78, 5) is 99.5. The van der Waals surface area contributed by atoms with Crippen LogP contribution in [0.5, 0.6) is 11.5 Å². The third-order valence-corrected chi connectivity index (χ3v) is 20.1. The Balaban J connectivity index is 0.000000163. The van der Waals surface area contributed by atoms with Crippen LogP contribution in [0.2, 0.25) is 0 Å². The van der Waals surface area contributed by atoms with Gasteiger partial charge >= 0.3 is 41.8 Å². The third kappa shape index (κ3) is 24.0. The van der Waals surface area contributed by atoms with E-state index in [4.69, 9.17) is 67.6 Å². The number of nitrogens with two attached hydrogens (primary N) is 1. The van der Waals surface area contributed by atoms with E-state index in [0.29, 0.717) is 113 Å². The molecule has 4 spiro atoms. The molecule has 7 atom stereocenters. The van der Waals surface area contributed by atoms with Crippen LogP contribution in [0.25, 0.3) is 11.1 Å². The summed E-state index contributed by atoms with van der Waals surface area (Å²) in [6.45, 7) is 3.30. The van der Waals surface area contributed by atoms with Crippen molar-refractivity contribution in [3.63, 3.8) is 0 Å². The number of aliphatic carboxylic acids is 2. The molecule has 0 aromatic heterocycles. The number of ether oxygens (including phenoxy) is 7. The number of halogens is 2. The number of hydrogen-bond acceptors (Lipinski definition) is 20. The fourth-order valence-electron chi connectivity index (χ4n) is 12.9. The number of carbonyl (C=O) groups is 7. The average molecular weight is 1510 g/mol. The molecule has 5 fully saturated rings. The molecule has 29 heteroatoms. The lowest BCUT2D eigenvalue weighted by atomic mass is 9.98. The van der Waals surface area contributed by atoms with Gasteiger partial charge in [0.15, 0.2) is 0 Å². The first kappa shape index (κ1) is 80.6. The van der Waals surface area contributed by atoms with Crippen molar-refractivity contribution in [2.75, 3.05) is 58.6 Å². The van der Waals surface area contributed by atoms with Crippen molar-refractivity contribution in [3.05, 3.63) is 226 Å². The number of nitro benzene ring substituents is 2. The van der Waals surface area contributed by atoms with Crippen molar-refractivity contribution < 1.29 is 91.9 Å². The molecule has 0 radical (unpaired) electrons. The highest BCUT2D eigenvalue weighted by molar-refractivity contribution is 6.61. The van der Waals surface area contributed by atoms with Gasteiger partial charge in [-0.05, 0) is 117 Å². The van der Waals surface area contributed by atoms with E-state index in [1.165, 1.54) is 48.5 Å². The Morgan fingerprint density at radius 2 is 0.925 bits per heavy atom. The number of unbranched alkanes of at least 4 members (excludes halogenated alkanes) is 2. The van der Waals surface area contributed by atoms with E-state index < -0.39 is 63.7 Å². The number of epoxide rings is 1. The number of carbonyl (C=O) groups excluding carboxylic acids is 5. The molecule has 1 heterocycles. The smallest absolute Gasteiger partial charge is 0.480 e. The molecule has 4 aromatic rings. The number of alkyl halides is 1. The van der Waals surface area contributed by atoms with E-state index in [1.54, 1.807) is 0 Å². The van der Waals surface area contributed by atoms with Gasteiger partial charge in [0.2, 0.25) is 0 Å². The van der Waals surface area contributed by atoms with Gasteiger partial charge in [-0.3, -0.25) is 25.0 Å². The number of nitrogens with one attached hydrogen (secondary N) is 3. The molecule has 4 aromatic carbocycles. The van der Waals surface area contributed by atoms with Crippen LogP contribution in [0.4, 0.5) is 35.3 Å². The number of carboxylic acids is 2. The summed E-state index contributed by atoms with van der Waals surface area (Å²) < 4.78 is 35.2. The number of rotatable bonds is 27. The van der Waals surface area contributed by atoms with Crippen molar-refractivity contribution in [1.82, 2.24) is 16.0 Å². The summed E-state index contributed by atoms with van der Waals surface area (Å²) in [5.74, 6) is 0.399. The third-order valence-electron chi connectivity index (χ3n) is 19.7. The summed E-state index contributed by atoms with van der Waals surface area (Å²) in [7, 11) is 0. The van der Waals surface area contributed by atoms with Crippen molar-refractivity contribution in [2.24, 2.45) is 51.1 Å². The molecule has 4 saturated carbocycles. The van der Waals surface area contributed by atoms with Crippen LogP contribution in [0.3, 0.4) is 0 Å². The van der Waals surface area contributed by atoms with Gasteiger partial charge in [0, 0.05) is 101 Å². The lowest BCUT2D eigenvalue weighted by Crippen LogP contribution is -2.41. The number of nitro groups is 2. The molecule has 568 valence electrons. The zero-order valence-corrected chi connectivity index (χ0v) is 60.0. The van der Waals surface area contributed by atoms with Crippen LogP contribution >= 0.6 is 23.2 Å². The number of non-ortho nitro benzene ring substituents is 2. The monoisotopic (exact) mass is 1510 g/mol. The van der Waals surface area contributed by atoms with Gasteiger partial charge in [0.05, 0.1) is 48.3 Å². The second-order valence-corrected chi connectivity index (χ2v) is 27.7. The largest absolute Gasteiger partial charge is 0.513 e. The van der Waals surface area contributed by atoms with Crippen molar-refractivity contribution in [3.8, 4) is 22.6 Å². The number of allylic oxidation sites excluding steroid dienone is 16. The molecular formula is C78H86Cl2N6O21. The standard InChI is InChI=1S/C30H32N2O6.C15H22N2O4.C15H13NO5.C8H10O.C7H4ClNO4.C3H5ClO/c33-27(34)26(13-5-8-16-31-28(35)37-18-20-17-30(20)14-6-7-15-30)32-29(36)38-19-25-23-11-3-1-9-21(23)22-10-2-4-12-24(22)25;16-12(13(18)19)5-1-4-8-17-14(20)21-10-11-9-15(11)6-2-3-7-15;17-14(20-10-11-9-15(11)7-1-2-8-15)21-13-5-3-12(4-6-13)16(18)19;9-6-7-5-8(7)3-1-2-4-8;8-7(10)13-6-3-1-5(2-4-6)9(11)12;4-1-3-2-5-3/h1-4,6-7,9-12,14-15,20,25-26H,5,8,13,16-19H2,(H,31,35)(H,32,36)(H,33,34);2-3,6-7,11-12H,1,4-5,8-10,16H2,(H,17,20)(H,18,19);1-8,11H,9-10H2;1-4,7,9H,5-6H2;1-4H;3H,1-2H2/t20?,26-;11?,12-;;;;/m00..../s1. The summed E-state index contributed by atoms with van der Waals surface area (Å²) in [6, 6.07) is 24.4. The summed E-state index contributed by atoms with van der Waals surface area (Å²) in [6.07, 6.45) is 38.6. The van der Waals surface area contributed by atoms with E-state index in [0.717, 1.165) is 54.5 Å². The lowest BCUT2D eigenvalue weighted by Gasteiger charge is -2.17. The minimum Gasteiger partial charge on any atom is -0.480 e. The summed E-state index contributed by atoms with van der Waals surface area (Å²) in [5.41, 5.74) is 9.31. The highest BCUT2D eigenvalue weighted by Crippen LogP contribution is 2.59. The van der Waals surface area contributed by atoms with Gasteiger partial charge in [-0.1, -0.05) is 146 Å². The Morgan fingerprint density at radius 1 is 0.533 bits per heavy atom. The fourth-order valence-corrected chi connectivity index (χ4v) is 13.1. The molecule has 0 bridgehead atoms. The van der Waals surface area contributed by atoms with E-state index in [9.17, 15) is 58.9 Å². The van der Waals surface area contributed by atoms with Crippen molar-refractivity contribution >= 4 is 76.4 Å². The maximum absolute atomic E-state index is 12.5. The molecular weight excluding hydrogens is 1430 g/mol. The molecule has 5 unspecified atom stereocenters. The highest BCUT2D eigenvalue weighted by Gasteiger charge is 2.54. The highest BCUT2D eigenvalue weighted by atomic mass is 35.5. The quantitative estimate of drug-likeness (QED) is 0.00335. The second-order valence-electron chi connectivity index (χ2n) is 27.1. The van der Waals surface area contributed by atoms with E-state index >= 15 is 0 Å². The Morgan fingerprint density at radius 3 is 1.30 bits per heavy atom. The van der Waals surface area contributed by atoms with Gasteiger partial charge in [-0.2, -0.15) is 0 Å². The molecule has 10 aliphatic rings. The predicted molar refractivity (Wildman–Crippen MR) is 395 cm³/mol.